The van der Waals surface area contributed by atoms with Crippen molar-refractivity contribution >= 4 is 24.2 Å². The SMILES string of the molecule is [CH3][Pb][CH2]O. The van der Waals surface area contributed by atoms with E-state index in [1.165, 1.54) is 0 Å². The fourth-order valence-electron chi connectivity index (χ4n) is 0. The van der Waals surface area contributed by atoms with Crippen LogP contribution in [0.3, 0.4) is 0 Å². The summed E-state index contributed by atoms with van der Waals surface area (Å²) in [6, 6.07) is 0. The molecule has 0 bridgehead atoms. The molecule has 0 aromatic carbocycles. The van der Waals surface area contributed by atoms with E-state index in [2.05, 4.69) is 4.48 Å². The third kappa shape index (κ3) is 2.88. The first-order valence-corrected chi connectivity index (χ1v) is 7.81. The number of rotatable bonds is 1. The fourth-order valence-corrected chi connectivity index (χ4v) is 0. The third-order valence-electron chi connectivity index (χ3n) is 0.158. The molecule has 0 aliphatic heterocycles. The number of aliphatic hydroxyl groups is 1. The van der Waals surface area contributed by atoms with Crippen LogP contribution in [0.5, 0.6) is 0 Å². The summed E-state index contributed by atoms with van der Waals surface area (Å²) in [4.78, 5) is 0. The second-order valence-electron chi connectivity index (χ2n) is 0.512. The molecular formula is C2H6OPb. The van der Waals surface area contributed by atoms with E-state index in [4.69, 9.17) is 5.11 Å². The maximum atomic E-state index is 7.96. The summed E-state index contributed by atoms with van der Waals surface area (Å²) < 4.78 is 2.64. The Hall–Kier alpha value is 0.882. The molecule has 0 saturated heterocycles. The van der Waals surface area contributed by atoms with Gasteiger partial charge in [0.25, 0.3) is 0 Å². The molecule has 4 heavy (non-hydrogen) atoms. The van der Waals surface area contributed by atoms with E-state index in [0.29, 0.717) is 4.17 Å². The van der Waals surface area contributed by atoms with E-state index in [0.717, 1.165) is 0 Å². The van der Waals surface area contributed by atoms with Gasteiger partial charge in [-0.15, -0.1) is 0 Å². The van der Waals surface area contributed by atoms with E-state index < -0.39 is 0 Å². The van der Waals surface area contributed by atoms with Gasteiger partial charge in [-0.3, -0.25) is 0 Å². The van der Waals surface area contributed by atoms with Crippen molar-refractivity contribution in [1.29, 1.82) is 0 Å². The summed E-state index contributed by atoms with van der Waals surface area (Å²) in [6.07, 6.45) is 0. The first-order valence-electron chi connectivity index (χ1n) is 1.17. The van der Waals surface area contributed by atoms with Crippen LogP contribution in [0.2, 0.25) is 4.48 Å². The van der Waals surface area contributed by atoms with Crippen LogP contribution in [0.25, 0.3) is 0 Å². The van der Waals surface area contributed by atoms with Gasteiger partial charge in [0.15, 0.2) is 0 Å². The van der Waals surface area contributed by atoms with E-state index in [-0.39, 0.29) is 24.2 Å². The van der Waals surface area contributed by atoms with Crippen LogP contribution in [0.4, 0.5) is 0 Å². The van der Waals surface area contributed by atoms with Gasteiger partial charge in [-0.25, -0.2) is 0 Å². The Bertz CT molecular complexity index is 8.00. The van der Waals surface area contributed by atoms with Crippen LogP contribution >= 0.6 is 0 Å². The van der Waals surface area contributed by atoms with E-state index in [1.54, 1.807) is 0 Å². The van der Waals surface area contributed by atoms with Crippen LogP contribution in [-0.4, -0.2) is 33.5 Å². The van der Waals surface area contributed by atoms with Crippen molar-refractivity contribution in [3.05, 3.63) is 0 Å². The molecule has 1 nitrogen and oxygen atoms in total. The van der Waals surface area contributed by atoms with Crippen molar-refractivity contribution in [3.8, 4) is 0 Å². The topological polar surface area (TPSA) is 20.2 Å². The van der Waals surface area contributed by atoms with Crippen molar-refractivity contribution in [2.24, 2.45) is 0 Å². The molecule has 0 aliphatic rings. The van der Waals surface area contributed by atoms with Gasteiger partial charge in [0, 0.05) is 0 Å². The summed E-state index contributed by atoms with van der Waals surface area (Å²) in [6.45, 7) is 0. The first-order chi connectivity index (χ1) is 1.91. The monoisotopic (exact) mass is 254 g/mol. The zero-order valence-electron chi connectivity index (χ0n) is 2.65. The van der Waals surface area contributed by atoms with Gasteiger partial charge in [-0.1, -0.05) is 0 Å². The molecule has 0 rings (SSSR count). The molecule has 0 atom stereocenters. The van der Waals surface area contributed by atoms with Crippen LogP contribution in [0.15, 0.2) is 0 Å². The van der Waals surface area contributed by atoms with Crippen LogP contribution in [-0.2, 0) is 0 Å². The Morgan fingerprint density at radius 3 is 2.25 bits per heavy atom. The summed E-state index contributed by atoms with van der Waals surface area (Å²) in [5.41, 5.74) is 0. The van der Waals surface area contributed by atoms with Crippen LogP contribution < -0.4 is 0 Å². The quantitative estimate of drug-likeness (QED) is 0.636. The number of aliphatic hydroxyl groups excluding tert-OH is 1. The molecule has 2 radical (unpaired) electrons. The van der Waals surface area contributed by atoms with Crippen molar-refractivity contribution < 1.29 is 5.11 Å². The van der Waals surface area contributed by atoms with E-state index in [9.17, 15) is 0 Å². The summed E-state index contributed by atoms with van der Waals surface area (Å²) in [5, 5.41) is 7.96. The third-order valence-corrected chi connectivity index (χ3v) is 1.39. The van der Waals surface area contributed by atoms with E-state index >= 15 is 0 Å². The normalized spacial score (nSPS) is 7.50. The van der Waals surface area contributed by atoms with Crippen molar-refractivity contribution in [1.82, 2.24) is 0 Å². The molecule has 0 aromatic heterocycles. The summed E-state index contributed by atoms with van der Waals surface area (Å²) in [5.74, 6) is 0. The molecule has 0 heterocycles. The van der Waals surface area contributed by atoms with Crippen molar-refractivity contribution in [2.45, 2.75) is 4.48 Å². The van der Waals surface area contributed by atoms with Gasteiger partial charge in [0.05, 0.1) is 0 Å². The molecule has 0 spiro atoms. The minimum absolute atomic E-state index is 0.378. The summed E-state index contributed by atoms with van der Waals surface area (Å²) in [7, 11) is 0. The molecule has 0 amide bonds. The van der Waals surface area contributed by atoms with Gasteiger partial charge in [0.2, 0.25) is 0 Å². The molecular weight excluding hydrogens is 247 g/mol. The molecule has 0 aromatic rings. The molecule has 24 valence electrons. The van der Waals surface area contributed by atoms with Crippen molar-refractivity contribution in [2.75, 3.05) is 4.17 Å². The number of hydrogen-bond acceptors (Lipinski definition) is 1. The molecule has 0 saturated carbocycles. The van der Waals surface area contributed by atoms with Gasteiger partial charge in [-0.2, -0.15) is 0 Å². The zero-order valence-corrected chi connectivity index (χ0v) is 6.54. The molecule has 2 heteroatoms. The Morgan fingerprint density at radius 2 is 2.25 bits per heavy atom. The zero-order chi connectivity index (χ0) is 3.41. The average Bonchev–Trinajstić information content (AvgIpc) is 1.37. The van der Waals surface area contributed by atoms with Gasteiger partial charge >= 0.3 is 38.0 Å². The second-order valence-corrected chi connectivity index (χ2v) is 4.49. The van der Waals surface area contributed by atoms with Gasteiger partial charge < -0.3 is 0 Å². The predicted molar refractivity (Wildman–Crippen MR) is 18.7 cm³/mol. The second kappa shape index (κ2) is 3.88. The standard InChI is InChI=1S/CH3O.CH3.Pb/c1-2;;/h2H,1H2;1H3;. The Morgan fingerprint density at radius 1 is 2.00 bits per heavy atom. The Balaban J connectivity index is 1.97. The van der Waals surface area contributed by atoms with Gasteiger partial charge in [-0.05, 0) is 0 Å². The maximum absolute atomic E-state index is 7.96. The van der Waals surface area contributed by atoms with Crippen molar-refractivity contribution in [3.63, 3.8) is 0 Å². The number of hydrogen-bond donors (Lipinski definition) is 1. The Labute approximate surface area is 38.2 Å². The van der Waals surface area contributed by atoms with Crippen LogP contribution in [0.1, 0.15) is 0 Å². The van der Waals surface area contributed by atoms with Gasteiger partial charge in [0.1, 0.15) is 0 Å². The molecule has 0 unspecified atom stereocenters. The predicted octanol–water partition coefficient (Wildman–Crippen LogP) is -0.312. The Kier molecular flexibility index (Phi) is 4.74. The summed E-state index contributed by atoms with van der Waals surface area (Å²) >= 11 is -0.378. The van der Waals surface area contributed by atoms with Crippen LogP contribution in [0, 0.1) is 0 Å². The van der Waals surface area contributed by atoms with E-state index in [1.807, 2.05) is 0 Å². The fraction of sp³-hybridized carbons (Fsp3) is 1.00. The molecule has 1 N–H and O–H groups in total. The molecule has 0 aliphatic carbocycles. The average molecular weight is 253 g/mol. The molecule has 0 fully saturated rings. The minimum atomic E-state index is -0.378. The first kappa shape index (κ1) is 4.88.